The van der Waals surface area contributed by atoms with Gasteiger partial charge in [-0.15, -0.1) is 11.3 Å². The van der Waals surface area contributed by atoms with Crippen molar-refractivity contribution in [1.29, 1.82) is 0 Å². The average molecular weight is 467 g/mol. The van der Waals surface area contributed by atoms with Crippen molar-refractivity contribution in [3.05, 3.63) is 50.9 Å². The monoisotopic (exact) mass is 466 g/mol. The molecular formula is C22H24ClFN2O4S. The number of amides is 2. The van der Waals surface area contributed by atoms with Crippen LogP contribution in [0.25, 0.3) is 0 Å². The molecule has 3 saturated carbocycles. The highest BCUT2D eigenvalue weighted by Crippen LogP contribution is 2.47. The first-order valence-electron chi connectivity index (χ1n) is 10.2. The van der Waals surface area contributed by atoms with Gasteiger partial charge in [-0.3, -0.25) is 9.59 Å². The van der Waals surface area contributed by atoms with Crippen LogP contribution in [0.2, 0.25) is 5.02 Å². The van der Waals surface area contributed by atoms with Gasteiger partial charge in [0.2, 0.25) is 0 Å². The molecule has 2 bridgehead atoms. The van der Waals surface area contributed by atoms with Crippen LogP contribution in [0, 0.1) is 12.7 Å². The van der Waals surface area contributed by atoms with Crippen molar-refractivity contribution >= 4 is 34.8 Å². The lowest BCUT2D eigenvalue weighted by molar-refractivity contribution is -0.132. The third-order valence-electron chi connectivity index (χ3n) is 6.31. The van der Waals surface area contributed by atoms with E-state index < -0.39 is 23.0 Å². The van der Waals surface area contributed by atoms with Gasteiger partial charge in [-0.05, 0) is 63.3 Å². The van der Waals surface area contributed by atoms with E-state index in [1.165, 1.54) is 23.5 Å². The second-order valence-corrected chi connectivity index (χ2v) is 10.1. The Morgan fingerprint density at radius 2 is 1.97 bits per heavy atom. The highest BCUT2D eigenvalue weighted by atomic mass is 35.5. The normalized spacial score (nSPS) is 27.0. The van der Waals surface area contributed by atoms with Gasteiger partial charge in [0.15, 0.2) is 6.61 Å². The van der Waals surface area contributed by atoms with E-state index in [9.17, 15) is 19.1 Å². The van der Waals surface area contributed by atoms with Crippen LogP contribution in [-0.4, -0.2) is 40.7 Å². The minimum atomic E-state index is -0.780. The van der Waals surface area contributed by atoms with Crippen molar-refractivity contribution < 1.29 is 23.8 Å². The first-order chi connectivity index (χ1) is 14.7. The Balaban J connectivity index is 1.34. The van der Waals surface area contributed by atoms with Crippen molar-refractivity contribution in [2.45, 2.75) is 56.2 Å². The van der Waals surface area contributed by atoms with Gasteiger partial charge < -0.3 is 20.5 Å². The maximum Gasteiger partial charge on any atom is 0.261 e. The molecule has 0 radical (unpaired) electrons. The molecule has 9 heteroatoms. The molecule has 1 heterocycles. The number of thiophene rings is 1. The Bertz CT molecular complexity index is 1000. The summed E-state index contributed by atoms with van der Waals surface area (Å²) in [5.74, 6) is -0.925. The average Bonchev–Trinajstić information content (AvgIpc) is 3.17. The quantitative estimate of drug-likeness (QED) is 0.607. The molecular weight excluding hydrogens is 443 g/mol. The first kappa shape index (κ1) is 22.0. The van der Waals surface area contributed by atoms with Crippen LogP contribution in [0.1, 0.15) is 46.7 Å². The van der Waals surface area contributed by atoms with Gasteiger partial charge in [-0.2, -0.15) is 0 Å². The number of carbonyl (C=O) groups excluding carboxylic acids is 2. The lowest BCUT2D eigenvalue weighted by Crippen LogP contribution is -2.70. The molecule has 3 aliphatic carbocycles. The predicted octanol–water partition coefficient (Wildman–Crippen LogP) is 3.59. The number of hydrogen-bond donors (Lipinski definition) is 3. The second kappa shape index (κ2) is 8.41. The molecule has 1 aromatic heterocycles. The Hall–Kier alpha value is -2.16. The van der Waals surface area contributed by atoms with E-state index in [0.717, 1.165) is 10.9 Å². The maximum absolute atomic E-state index is 13.5. The van der Waals surface area contributed by atoms with Crippen molar-refractivity contribution in [2.24, 2.45) is 0 Å². The SMILES string of the molecule is Cc1ccc(C(=O)NC23CCC(NC(=O)COc4ccc(Cl)c(F)c4)(CC2)[C@@H](O)C3)s1. The Labute approximate surface area is 188 Å². The van der Waals surface area contributed by atoms with E-state index in [-0.39, 0.29) is 29.2 Å². The van der Waals surface area contributed by atoms with Crippen molar-refractivity contribution in [2.75, 3.05) is 6.61 Å². The van der Waals surface area contributed by atoms with Gasteiger partial charge in [0.1, 0.15) is 11.6 Å². The summed E-state index contributed by atoms with van der Waals surface area (Å²) >= 11 is 7.09. The molecule has 166 valence electrons. The molecule has 5 rings (SSSR count). The Morgan fingerprint density at radius 1 is 1.23 bits per heavy atom. The summed E-state index contributed by atoms with van der Waals surface area (Å²) in [4.78, 5) is 26.8. The molecule has 0 spiro atoms. The molecule has 2 aromatic rings. The molecule has 0 aliphatic heterocycles. The first-order valence-corrected chi connectivity index (χ1v) is 11.4. The van der Waals surface area contributed by atoms with E-state index in [1.807, 2.05) is 19.1 Å². The lowest BCUT2D eigenvalue weighted by Gasteiger charge is -2.56. The number of rotatable bonds is 6. The molecule has 1 aromatic carbocycles. The minimum absolute atomic E-state index is 0.0204. The fourth-order valence-corrected chi connectivity index (χ4v) is 5.43. The highest BCUT2D eigenvalue weighted by molar-refractivity contribution is 7.13. The van der Waals surface area contributed by atoms with Crippen LogP contribution in [-0.2, 0) is 4.79 Å². The number of aliphatic hydroxyl groups excluding tert-OH is 1. The van der Waals surface area contributed by atoms with Gasteiger partial charge in [-0.25, -0.2) is 4.39 Å². The Morgan fingerprint density at radius 3 is 2.58 bits per heavy atom. The fraction of sp³-hybridized carbons (Fsp3) is 0.455. The zero-order valence-corrected chi connectivity index (χ0v) is 18.6. The van der Waals surface area contributed by atoms with Crippen LogP contribution < -0.4 is 15.4 Å². The standard InChI is InChI=1S/C22H24ClFN2O4S/c1-13-2-5-17(31-13)20(29)26-21-6-8-22(9-7-21,18(27)11-21)25-19(28)12-30-14-3-4-15(23)16(24)10-14/h2-5,10,18,27H,6-9,11-12H2,1H3,(H,25,28)(H,26,29)/t18-,21?,22?/m0/s1. The zero-order chi connectivity index (χ0) is 22.2. The van der Waals surface area contributed by atoms with E-state index >= 15 is 0 Å². The number of carbonyl (C=O) groups is 2. The largest absolute Gasteiger partial charge is 0.484 e. The molecule has 0 saturated heterocycles. The zero-order valence-electron chi connectivity index (χ0n) is 17.0. The summed E-state index contributed by atoms with van der Waals surface area (Å²) in [6.45, 7) is 1.66. The Kier molecular flexibility index (Phi) is 5.98. The number of halogens is 2. The van der Waals surface area contributed by atoms with Crippen molar-refractivity contribution in [3.63, 3.8) is 0 Å². The van der Waals surface area contributed by atoms with Crippen LogP contribution >= 0.6 is 22.9 Å². The predicted molar refractivity (Wildman–Crippen MR) is 116 cm³/mol. The summed E-state index contributed by atoms with van der Waals surface area (Å²) in [6, 6.07) is 7.69. The number of aliphatic hydroxyl groups is 1. The highest BCUT2D eigenvalue weighted by Gasteiger charge is 2.55. The number of benzene rings is 1. The third-order valence-corrected chi connectivity index (χ3v) is 7.62. The molecule has 2 amide bonds. The number of ether oxygens (including phenoxy) is 1. The molecule has 31 heavy (non-hydrogen) atoms. The van der Waals surface area contributed by atoms with Crippen LogP contribution in [0.15, 0.2) is 30.3 Å². The van der Waals surface area contributed by atoms with E-state index in [4.69, 9.17) is 16.3 Å². The van der Waals surface area contributed by atoms with Crippen molar-refractivity contribution in [1.82, 2.24) is 10.6 Å². The van der Waals surface area contributed by atoms with Gasteiger partial charge in [-0.1, -0.05) is 11.6 Å². The smallest absolute Gasteiger partial charge is 0.261 e. The van der Waals surface area contributed by atoms with Crippen LogP contribution in [0.3, 0.4) is 0 Å². The van der Waals surface area contributed by atoms with Gasteiger partial charge >= 0.3 is 0 Å². The minimum Gasteiger partial charge on any atom is -0.484 e. The number of nitrogens with one attached hydrogen (secondary N) is 2. The molecule has 3 fully saturated rings. The molecule has 0 unspecified atom stereocenters. The fourth-order valence-electron chi connectivity index (χ4n) is 4.55. The number of hydrogen-bond acceptors (Lipinski definition) is 5. The topological polar surface area (TPSA) is 87.7 Å². The summed E-state index contributed by atoms with van der Waals surface area (Å²) in [7, 11) is 0. The number of fused-ring (bicyclic) bond motifs is 3. The summed E-state index contributed by atoms with van der Waals surface area (Å²) in [5, 5.41) is 16.9. The van der Waals surface area contributed by atoms with Crippen molar-refractivity contribution in [3.8, 4) is 5.75 Å². The van der Waals surface area contributed by atoms with Gasteiger partial charge in [0.05, 0.1) is 21.5 Å². The number of aryl methyl sites for hydroxylation is 1. The molecule has 3 N–H and O–H groups in total. The van der Waals surface area contributed by atoms with E-state index in [1.54, 1.807) is 0 Å². The maximum atomic E-state index is 13.5. The van der Waals surface area contributed by atoms with Gasteiger partial charge in [0.25, 0.3) is 11.8 Å². The summed E-state index contributed by atoms with van der Waals surface area (Å²) in [5.41, 5.74) is -1.20. The van der Waals surface area contributed by atoms with E-state index in [0.29, 0.717) is 37.0 Å². The summed E-state index contributed by atoms with van der Waals surface area (Å²) in [6.07, 6.45) is 2.05. The van der Waals surface area contributed by atoms with Crippen LogP contribution in [0.5, 0.6) is 5.75 Å². The van der Waals surface area contributed by atoms with E-state index in [2.05, 4.69) is 10.6 Å². The van der Waals surface area contributed by atoms with Crippen LogP contribution in [0.4, 0.5) is 4.39 Å². The molecule has 6 nitrogen and oxygen atoms in total. The summed E-state index contributed by atoms with van der Waals surface area (Å²) < 4.78 is 18.9. The molecule has 3 aliphatic rings. The third kappa shape index (κ3) is 4.56. The molecule has 1 atom stereocenters. The lowest BCUT2D eigenvalue weighted by atomic mass is 9.60. The van der Waals surface area contributed by atoms with Gasteiger partial charge in [0, 0.05) is 16.5 Å². The second-order valence-electron chi connectivity index (χ2n) is 8.43.